The first-order chi connectivity index (χ1) is 6.24. The van der Waals surface area contributed by atoms with Gasteiger partial charge in [-0.15, -0.1) is 0 Å². The smallest absolute Gasteiger partial charge is 0.236 e. The molecule has 1 N–H and O–H groups in total. The summed E-state index contributed by atoms with van der Waals surface area (Å²) in [4.78, 5) is 0. The number of nitriles is 1. The van der Waals surface area contributed by atoms with Gasteiger partial charge in [0.05, 0.1) is 19.7 Å². The molecular formula is C10H12N3+. The van der Waals surface area contributed by atoms with Gasteiger partial charge in [0, 0.05) is 0 Å². The zero-order valence-corrected chi connectivity index (χ0v) is 7.78. The van der Waals surface area contributed by atoms with Crippen LogP contribution in [0, 0.1) is 11.3 Å². The molecule has 0 aromatic heterocycles. The molecule has 13 heavy (non-hydrogen) atoms. The quantitative estimate of drug-likeness (QED) is 0.416. The average molecular weight is 174 g/mol. The average Bonchev–Trinajstić information content (AvgIpc) is 2.15. The Balaban J connectivity index is 2.89. The highest BCUT2D eigenvalue weighted by Gasteiger charge is 2.01. The summed E-state index contributed by atoms with van der Waals surface area (Å²) in [6.07, 6.45) is 1.80. The minimum Gasteiger partial charge on any atom is -0.273 e. The molecule has 0 fully saturated rings. The van der Waals surface area contributed by atoms with Crippen molar-refractivity contribution in [2.75, 3.05) is 19.4 Å². The summed E-state index contributed by atoms with van der Waals surface area (Å²) >= 11 is 0. The van der Waals surface area contributed by atoms with Crippen molar-refractivity contribution in [3.05, 3.63) is 29.8 Å². The monoisotopic (exact) mass is 174 g/mol. The molecule has 1 rings (SSSR count). The van der Waals surface area contributed by atoms with E-state index in [-0.39, 0.29) is 0 Å². The molecule has 0 heterocycles. The number of hydrogen-bond donors (Lipinski definition) is 1. The van der Waals surface area contributed by atoms with E-state index in [1.165, 1.54) is 0 Å². The fraction of sp³-hybridized carbons (Fsp3) is 0.200. The van der Waals surface area contributed by atoms with Gasteiger partial charge in [0.1, 0.15) is 11.8 Å². The SMILES string of the molecule is C[N+](C)=CNc1ccccc1C#N. The van der Waals surface area contributed by atoms with E-state index in [4.69, 9.17) is 5.26 Å². The molecule has 0 bridgehead atoms. The summed E-state index contributed by atoms with van der Waals surface area (Å²) in [5.41, 5.74) is 1.49. The molecule has 1 aromatic carbocycles. The van der Waals surface area contributed by atoms with Crippen LogP contribution in [0.15, 0.2) is 24.3 Å². The van der Waals surface area contributed by atoms with Crippen molar-refractivity contribution >= 4 is 12.0 Å². The second-order valence-electron chi connectivity index (χ2n) is 2.89. The van der Waals surface area contributed by atoms with Crippen LogP contribution in [0.1, 0.15) is 5.56 Å². The van der Waals surface area contributed by atoms with Gasteiger partial charge in [-0.25, -0.2) is 5.32 Å². The van der Waals surface area contributed by atoms with E-state index in [2.05, 4.69) is 11.4 Å². The van der Waals surface area contributed by atoms with Crippen LogP contribution in [0.25, 0.3) is 0 Å². The second-order valence-corrected chi connectivity index (χ2v) is 2.89. The Morgan fingerprint density at radius 1 is 1.38 bits per heavy atom. The molecule has 66 valence electrons. The number of anilines is 1. The standard InChI is InChI=1S/C10H11N3/c1-13(2)8-12-10-6-4-3-5-9(10)7-11/h3-6,8H,1-2H3/p+1. The predicted molar refractivity (Wildman–Crippen MR) is 53.0 cm³/mol. The van der Waals surface area contributed by atoms with E-state index in [0.717, 1.165) is 5.69 Å². The topological polar surface area (TPSA) is 38.8 Å². The summed E-state index contributed by atoms with van der Waals surface area (Å²) < 4.78 is 1.88. The highest BCUT2D eigenvalue weighted by molar-refractivity contribution is 5.75. The Morgan fingerprint density at radius 2 is 2.08 bits per heavy atom. The van der Waals surface area contributed by atoms with Gasteiger partial charge < -0.3 is 0 Å². The van der Waals surface area contributed by atoms with Crippen molar-refractivity contribution in [3.63, 3.8) is 0 Å². The number of nitrogens with zero attached hydrogens (tertiary/aromatic N) is 2. The molecule has 0 spiro atoms. The Morgan fingerprint density at radius 3 is 2.69 bits per heavy atom. The number of benzene rings is 1. The van der Waals surface area contributed by atoms with Gasteiger partial charge in [-0.1, -0.05) is 12.1 Å². The summed E-state index contributed by atoms with van der Waals surface area (Å²) in [6, 6.07) is 9.52. The van der Waals surface area contributed by atoms with Gasteiger partial charge >= 0.3 is 0 Å². The van der Waals surface area contributed by atoms with E-state index in [9.17, 15) is 0 Å². The second kappa shape index (κ2) is 4.27. The van der Waals surface area contributed by atoms with Crippen molar-refractivity contribution in [2.24, 2.45) is 0 Å². The highest BCUT2D eigenvalue weighted by atomic mass is 15.0. The zero-order valence-electron chi connectivity index (χ0n) is 7.78. The lowest BCUT2D eigenvalue weighted by Gasteiger charge is -1.96. The maximum Gasteiger partial charge on any atom is 0.236 e. The zero-order chi connectivity index (χ0) is 9.68. The lowest BCUT2D eigenvalue weighted by molar-refractivity contribution is -0.459. The van der Waals surface area contributed by atoms with Crippen molar-refractivity contribution < 1.29 is 4.58 Å². The third-order valence-electron chi connectivity index (χ3n) is 1.53. The third kappa shape index (κ3) is 2.60. The van der Waals surface area contributed by atoms with Crippen molar-refractivity contribution in [3.8, 4) is 6.07 Å². The molecule has 0 atom stereocenters. The Kier molecular flexibility index (Phi) is 3.04. The Hall–Kier alpha value is -1.82. The van der Waals surface area contributed by atoms with Crippen LogP contribution in [0.2, 0.25) is 0 Å². The van der Waals surface area contributed by atoms with Crippen LogP contribution in [0.5, 0.6) is 0 Å². The van der Waals surface area contributed by atoms with Crippen LogP contribution in [-0.4, -0.2) is 25.0 Å². The summed E-state index contributed by atoms with van der Waals surface area (Å²) in [7, 11) is 3.84. The summed E-state index contributed by atoms with van der Waals surface area (Å²) in [6.45, 7) is 0. The van der Waals surface area contributed by atoms with Crippen LogP contribution >= 0.6 is 0 Å². The van der Waals surface area contributed by atoms with Gasteiger partial charge in [-0.05, 0) is 12.1 Å². The first kappa shape index (κ1) is 9.27. The van der Waals surface area contributed by atoms with Gasteiger partial charge in [0.15, 0.2) is 0 Å². The van der Waals surface area contributed by atoms with E-state index in [0.29, 0.717) is 5.56 Å². The molecule has 0 aliphatic heterocycles. The maximum atomic E-state index is 8.77. The Bertz CT molecular complexity index is 357. The van der Waals surface area contributed by atoms with E-state index in [1.807, 2.05) is 36.9 Å². The van der Waals surface area contributed by atoms with Crippen molar-refractivity contribution in [2.45, 2.75) is 0 Å². The van der Waals surface area contributed by atoms with Gasteiger partial charge in [-0.3, -0.25) is 4.58 Å². The minimum absolute atomic E-state index is 0.653. The molecule has 0 amide bonds. The van der Waals surface area contributed by atoms with Crippen LogP contribution < -0.4 is 5.32 Å². The molecule has 0 saturated heterocycles. The maximum absolute atomic E-state index is 8.77. The van der Waals surface area contributed by atoms with E-state index >= 15 is 0 Å². The third-order valence-corrected chi connectivity index (χ3v) is 1.53. The number of para-hydroxylation sites is 1. The fourth-order valence-corrected chi connectivity index (χ4v) is 0.905. The molecule has 0 aliphatic rings. The summed E-state index contributed by atoms with van der Waals surface area (Å²) in [5, 5.41) is 11.8. The molecule has 1 aromatic rings. The highest BCUT2D eigenvalue weighted by Crippen LogP contribution is 2.11. The summed E-state index contributed by atoms with van der Waals surface area (Å²) in [5.74, 6) is 0. The fourth-order valence-electron chi connectivity index (χ4n) is 0.905. The lowest BCUT2D eigenvalue weighted by Crippen LogP contribution is -2.07. The predicted octanol–water partition coefficient (Wildman–Crippen LogP) is 1.27. The lowest BCUT2D eigenvalue weighted by atomic mass is 10.2. The molecule has 0 radical (unpaired) electrons. The number of nitrogens with one attached hydrogen (secondary N) is 1. The van der Waals surface area contributed by atoms with Crippen LogP contribution in [0.3, 0.4) is 0 Å². The molecular weight excluding hydrogens is 162 g/mol. The number of hydrogen-bond acceptors (Lipinski definition) is 1. The first-order valence-corrected chi connectivity index (χ1v) is 3.99. The molecule has 0 saturated carbocycles. The van der Waals surface area contributed by atoms with Crippen molar-refractivity contribution in [1.82, 2.24) is 0 Å². The normalized spacial score (nSPS) is 8.69. The largest absolute Gasteiger partial charge is 0.273 e. The van der Waals surface area contributed by atoms with Crippen molar-refractivity contribution in [1.29, 1.82) is 5.26 Å². The number of rotatable bonds is 2. The Labute approximate surface area is 77.9 Å². The molecule has 0 unspecified atom stereocenters. The minimum atomic E-state index is 0.653. The van der Waals surface area contributed by atoms with Crippen LogP contribution in [0.4, 0.5) is 5.69 Å². The first-order valence-electron chi connectivity index (χ1n) is 3.99. The van der Waals surface area contributed by atoms with Gasteiger partial charge in [0.2, 0.25) is 6.34 Å². The van der Waals surface area contributed by atoms with E-state index < -0.39 is 0 Å². The molecule has 3 nitrogen and oxygen atoms in total. The van der Waals surface area contributed by atoms with E-state index in [1.54, 1.807) is 12.4 Å². The molecule has 3 heteroatoms. The van der Waals surface area contributed by atoms with Gasteiger partial charge in [-0.2, -0.15) is 5.26 Å². The molecule has 0 aliphatic carbocycles. The van der Waals surface area contributed by atoms with Gasteiger partial charge in [0.25, 0.3) is 0 Å². The van der Waals surface area contributed by atoms with Crippen LogP contribution in [-0.2, 0) is 0 Å².